The number of carbonyl (C=O) groups is 1. The highest BCUT2D eigenvalue weighted by Gasteiger charge is 2.44. The average Bonchev–Trinajstić information content (AvgIpc) is 2.77. The third kappa shape index (κ3) is 3.31. The molecule has 1 aliphatic rings. The van der Waals surface area contributed by atoms with Crippen LogP contribution in [0.25, 0.3) is 0 Å². The molecule has 5 nitrogen and oxygen atoms in total. The Morgan fingerprint density at radius 3 is 2.62 bits per heavy atom. The lowest BCUT2D eigenvalue weighted by molar-refractivity contribution is -0.142. The molecule has 1 rings (SSSR count). The van der Waals surface area contributed by atoms with E-state index in [0.29, 0.717) is 6.42 Å². The standard InChI is InChI=1S/C7H12O5S/c1-11-7(8)6-3-5(6)4-12-13(2,9)10/h5-6H,3-4H2,1-2H3/t5-,6+/m0/s1. The van der Waals surface area contributed by atoms with Gasteiger partial charge in [0.25, 0.3) is 10.1 Å². The second kappa shape index (κ2) is 3.63. The first kappa shape index (κ1) is 10.5. The van der Waals surface area contributed by atoms with E-state index in [9.17, 15) is 13.2 Å². The predicted octanol–water partition coefficient (Wildman–Crippen LogP) is -0.228. The summed E-state index contributed by atoms with van der Waals surface area (Å²) in [4.78, 5) is 10.9. The maximum Gasteiger partial charge on any atom is 0.309 e. The largest absolute Gasteiger partial charge is 0.469 e. The molecular weight excluding hydrogens is 196 g/mol. The molecule has 0 aromatic heterocycles. The van der Waals surface area contributed by atoms with Crippen LogP contribution in [0, 0.1) is 11.8 Å². The number of hydrogen-bond donors (Lipinski definition) is 0. The van der Waals surface area contributed by atoms with Gasteiger partial charge in [0.2, 0.25) is 0 Å². The summed E-state index contributed by atoms with van der Waals surface area (Å²) >= 11 is 0. The summed E-state index contributed by atoms with van der Waals surface area (Å²) in [6.45, 7) is 0.0819. The lowest BCUT2D eigenvalue weighted by Gasteiger charge is -1.99. The highest BCUT2D eigenvalue weighted by molar-refractivity contribution is 7.85. The zero-order valence-corrected chi connectivity index (χ0v) is 8.33. The SMILES string of the molecule is COC(=O)[C@@H]1C[C@H]1COS(C)(=O)=O. The Kier molecular flexibility index (Phi) is 2.92. The van der Waals surface area contributed by atoms with Gasteiger partial charge in [-0.05, 0) is 12.3 Å². The van der Waals surface area contributed by atoms with E-state index in [2.05, 4.69) is 8.92 Å². The van der Waals surface area contributed by atoms with Crippen LogP contribution >= 0.6 is 0 Å². The Balaban J connectivity index is 2.26. The van der Waals surface area contributed by atoms with Crippen LogP contribution < -0.4 is 0 Å². The molecule has 0 spiro atoms. The maximum atomic E-state index is 10.9. The minimum absolute atomic E-state index is 0.00201. The van der Waals surface area contributed by atoms with Crippen LogP contribution in [0.5, 0.6) is 0 Å². The fraction of sp³-hybridized carbons (Fsp3) is 0.857. The van der Waals surface area contributed by atoms with E-state index in [0.717, 1.165) is 6.26 Å². The molecule has 0 unspecified atom stereocenters. The van der Waals surface area contributed by atoms with Gasteiger partial charge in [0.15, 0.2) is 0 Å². The van der Waals surface area contributed by atoms with Crippen molar-refractivity contribution in [3.8, 4) is 0 Å². The highest BCUT2D eigenvalue weighted by atomic mass is 32.2. The first-order valence-corrected chi connectivity index (χ1v) is 5.68. The van der Waals surface area contributed by atoms with Crippen molar-refractivity contribution in [1.82, 2.24) is 0 Å². The summed E-state index contributed by atoms with van der Waals surface area (Å²) in [7, 11) is -2.07. The summed E-state index contributed by atoms with van der Waals surface area (Å²) in [5.41, 5.74) is 0. The summed E-state index contributed by atoms with van der Waals surface area (Å²) in [5.74, 6) is -0.462. The van der Waals surface area contributed by atoms with Gasteiger partial charge < -0.3 is 4.74 Å². The molecule has 1 aliphatic carbocycles. The van der Waals surface area contributed by atoms with Crippen molar-refractivity contribution in [2.45, 2.75) is 6.42 Å². The van der Waals surface area contributed by atoms with Gasteiger partial charge in [-0.25, -0.2) is 0 Å². The normalized spacial score (nSPS) is 26.9. The van der Waals surface area contributed by atoms with E-state index < -0.39 is 10.1 Å². The number of esters is 1. The van der Waals surface area contributed by atoms with E-state index in [4.69, 9.17) is 0 Å². The number of hydrogen-bond acceptors (Lipinski definition) is 5. The molecule has 6 heteroatoms. The number of carbonyl (C=O) groups excluding carboxylic acids is 1. The molecule has 0 aromatic carbocycles. The number of ether oxygens (including phenoxy) is 1. The van der Waals surface area contributed by atoms with Crippen molar-refractivity contribution in [3.05, 3.63) is 0 Å². The molecule has 0 N–H and O–H groups in total. The van der Waals surface area contributed by atoms with Crippen molar-refractivity contribution in [3.63, 3.8) is 0 Å². The molecule has 0 radical (unpaired) electrons. The first-order chi connectivity index (χ1) is 5.94. The average molecular weight is 208 g/mol. The first-order valence-electron chi connectivity index (χ1n) is 3.86. The van der Waals surface area contributed by atoms with Gasteiger partial charge >= 0.3 is 5.97 Å². The third-order valence-electron chi connectivity index (χ3n) is 1.92. The number of methoxy groups -OCH3 is 1. The Morgan fingerprint density at radius 2 is 2.15 bits per heavy atom. The Labute approximate surface area is 77.1 Å². The second-order valence-corrected chi connectivity index (χ2v) is 4.76. The summed E-state index contributed by atoms with van der Waals surface area (Å²) in [6, 6.07) is 0. The zero-order chi connectivity index (χ0) is 10.1. The van der Waals surface area contributed by atoms with Crippen LogP contribution in [0.1, 0.15) is 6.42 Å². The van der Waals surface area contributed by atoms with Crippen molar-refractivity contribution in [2.75, 3.05) is 20.0 Å². The molecular formula is C7H12O5S. The molecule has 0 bridgehead atoms. The van der Waals surface area contributed by atoms with Gasteiger partial charge in [0, 0.05) is 0 Å². The lowest BCUT2D eigenvalue weighted by atomic mass is 10.3. The van der Waals surface area contributed by atoms with Crippen molar-refractivity contribution in [2.24, 2.45) is 11.8 Å². The zero-order valence-electron chi connectivity index (χ0n) is 7.52. The molecule has 1 saturated carbocycles. The van der Waals surface area contributed by atoms with E-state index in [1.807, 2.05) is 0 Å². The van der Waals surface area contributed by atoms with Crippen LogP contribution in [-0.2, 0) is 23.8 Å². The van der Waals surface area contributed by atoms with Crippen LogP contribution in [0.4, 0.5) is 0 Å². The van der Waals surface area contributed by atoms with E-state index in [-0.39, 0.29) is 24.4 Å². The molecule has 1 fully saturated rings. The molecule has 0 amide bonds. The molecule has 0 aromatic rings. The third-order valence-corrected chi connectivity index (χ3v) is 2.49. The Bertz CT molecular complexity index is 294. The van der Waals surface area contributed by atoms with Gasteiger partial charge in [0.05, 0.1) is 25.9 Å². The minimum Gasteiger partial charge on any atom is -0.469 e. The topological polar surface area (TPSA) is 69.7 Å². The highest BCUT2D eigenvalue weighted by Crippen LogP contribution is 2.39. The monoisotopic (exact) mass is 208 g/mol. The molecule has 0 aliphatic heterocycles. The van der Waals surface area contributed by atoms with Gasteiger partial charge in [-0.15, -0.1) is 0 Å². The van der Waals surface area contributed by atoms with Crippen LogP contribution in [0.3, 0.4) is 0 Å². The Morgan fingerprint density at radius 1 is 1.54 bits per heavy atom. The molecule has 13 heavy (non-hydrogen) atoms. The smallest absolute Gasteiger partial charge is 0.309 e. The predicted molar refractivity (Wildman–Crippen MR) is 44.4 cm³/mol. The van der Waals surface area contributed by atoms with Gasteiger partial charge in [-0.1, -0.05) is 0 Å². The van der Waals surface area contributed by atoms with E-state index in [1.165, 1.54) is 7.11 Å². The fourth-order valence-electron chi connectivity index (χ4n) is 1.08. The molecule has 0 saturated heterocycles. The second-order valence-electron chi connectivity index (χ2n) is 3.11. The van der Waals surface area contributed by atoms with Crippen LogP contribution in [0.15, 0.2) is 0 Å². The van der Waals surface area contributed by atoms with Crippen molar-refractivity contribution >= 4 is 16.1 Å². The Hall–Kier alpha value is -0.620. The van der Waals surface area contributed by atoms with Crippen LogP contribution in [0.2, 0.25) is 0 Å². The molecule has 0 heterocycles. The number of rotatable bonds is 4. The minimum atomic E-state index is -3.39. The van der Waals surface area contributed by atoms with E-state index in [1.54, 1.807) is 0 Å². The van der Waals surface area contributed by atoms with Crippen LogP contribution in [-0.4, -0.2) is 34.4 Å². The van der Waals surface area contributed by atoms with Gasteiger partial charge in [0.1, 0.15) is 0 Å². The maximum absolute atomic E-state index is 10.9. The summed E-state index contributed by atoms with van der Waals surface area (Å²) < 4.78 is 30.2. The van der Waals surface area contributed by atoms with Gasteiger partial charge in [-0.2, -0.15) is 8.42 Å². The molecule has 76 valence electrons. The van der Waals surface area contributed by atoms with Gasteiger partial charge in [-0.3, -0.25) is 8.98 Å². The lowest BCUT2D eigenvalue weighted by Crippen LogP contribution is -2.10. The van der Waals surface area contributed by atoms with E-state index >= 15 is 0 Å². The van der Waals surface area contributed by atoms with Crippen molar-refractivity contribution < 1.29 is 22.1 Å². The van der Waals surface area contributed by atoms with Crippen molar-refractivity contribution in [1.29, 1.82) is 0 Å². The summed E-state index contributed by atoms with van der Waals surface area (Å²) in [5, 5.41) is 0. The summed E-state index contributed by atoms with van der Waals surface area (Å²) in [6.07, 6.45) is 1.64. The fourth-order valence-corrected chi connectivity index (χ4v) is 1.50. The quantitative estimate of drug-likeness (QED) is 0.471. The molecule has 2 atom stereocenters.